The van der Waals surface area contributed by atoms with Crippen molar-refractivity contribution in [3.8, 4) is 0 Å². The topological polar surface area (TPSA) is 58.6 Å². The Hall–Kier alpha value is -1.10. The first-order valence-corrected chi connectivity index (χ1v) is 6.15. The molecule has 1 aliphatic heterocycles. The van der Waals surface area contributed by atoms with Gasteiger partial charge in [-0.25, -0.2) is 0 Å². The van der Waals surface area contributed by atoms with Crippen molar-refractivity contribution in [1.29, 1.82) is 0 Å². The maximum absolute atomic E-state index is 11.9. The van der Waals surface area contributed by atoms with Gasteiger partial charge < -0.3 is 15.0 Å². The van der Waals surface area contributed by atoms with Crippen molar-refractivity contribution >= 4 is 11.8 Å². The van der Waals surface area contributed by atoms with Crippen LogP contribution in [0.15, 0.2) is 0 Å². The number of carbonyl (C=O) groups excluding carboxylic acids is 2. The Morgan fingerprint density at radius 2 is 2.06 bits per heavy atom. The molecule has 0 saturated carbocycles. The van der Waals surface area contributed by atoms with Gasteiger partial charge in [0.05, 0.1) is 19.2 Å². The van der Waals surface area contributed by atoms with Crippen molar-refractivity contribution < 1.29 is 14.3 Å². The summed E-state index contributed by atoms with van der Waals surface area (Å²) in [5, 5.41) is 2.63. The number of ether oxygens (including phenoxy) is 1. The number of piperazine rings is 1. The molecule has 17 heavy (non-hydrogen) atoms. The summed E-state index contributed by atoms with van der Waals surface area (Å²) >= 11 is 0. The van der Waals surface area contributed by atoms with Gasteiger partial charge in [0, 0.05) is 6.61 Å². The third kappa shape index (κ3) is 3.19. The third-order valence-corrected chi connectivity index (χ3v) is 2.94. The first-order chi connectivity index (χ1) is 7.99. The monoisotopic (exact) mass is 242 g/mol. The van der Waals surface area contributed by atoms with E-state index in [0.29, 0.717) is 13.2 Å². The van der Waals surface area contributed by atoms with Crippen molar-refractivity contribution in [3.05, 3.63) is 0 Å². The Kier molecular flexibility index (Phi) is 4.93. The average Bonchev–Trinajstić information content (AvgIpc) is 2.28. The summed E-state index contributed by atoms with van der Waals surface area (Å²) < 4.78 is 5.33. The summed E-state index contributed by atoms with van der Waals surface area (Å²) in [4.78, 5) is 25.4. The van der Waals surface area contributed by atoms with Crippen molar-refractivity contribution in [2.75, 3.05) is 19.8 Å². The molecule has 1 fully saturated rings. The lowest BCUT2D eigenvalue weighted by Crippen LogP contribution is -2.63. The van der Waals surface area contributed by atoms with E-state index in [0.717, 1.165) is 0 Å². The highest BCUT2D eigenvalue weighted by atomic mass is 16.5. The lowest BCUT2D eigenvalue weighted by Gasteiger charge is -2.40. The highest BCUT2D eigenvalue weighted by molar-refractivity contribution is 5.95. The summed E-state index contributed by atoms with van der Waals surface area (Å²) in [6.45, 7) is 8.91. The number of nitrogens with one attached hydrogen (secondary N) is 1. The molecule has 0 aliphatic carbocycles. The van der Waals surface area contributed by atoms with Crippen molar-refractivity contribution in [1.82, 2.24) is 10.2 Å². The van der Waals surface area contributed by atoms with Crippen LogP contribution in [0.5, 0.6) is 0 Å². The van der Waals surface area contributed by atoms with Crippen LogP contribution in [-0.4, -0.2) is 48.6 Å². The van der Waals surface area contributed by atoms with E-state index in [1.165, 1.54) is 0 Å². The number of hydrogen-bond donors (Lipinski definition) is 1. The molecular formula is C12H22N2O3. The minimum atomic E-state index is -0.383. The molecule has 1 saturated heterocycles. The molecule has 1 N–H and O–H groups in total. The average molecular weight is 242 g/mol. The molecule has 2 atom stereocenters. The van der Waals surface area contributed by atoms with Gasteiger partial charge in [-0.2, -0.15) is 0 Å². The van der Waals surface area contributed by atoms with Crippen LogP contribution < -0.4 is 5.32 Å². The summed E-state index contributed by atoms with van der Waals surface area (Å²) in [7, 11) is 0. The smallest absolute Gasteiger partial charge is 0.243 e. The van der Waals surface area contributed by atoms with Crippen LogP contribution in [-0.2, 0) is 14.3 Å². The fraction of sp³-hybridized carbons (Fsp3) is 0.833. The van der Waals surface area contributed by atoms with Gasteiger partial charge in [-0.1, -0.05) is 13.8 Å². The largest absolute Gasteiger partial charge is 0.380 e. The molecule has 1 aliphatic rings. The van der Waals surface area contributed by atoms with Gasteiger partial charge in [0.2, 0.25) is 11.8 Å². The predicted molar refractivity (Wildman–Crippen MR) is 64.4 cm³/mol. The van der Waals surface area contributed by atoms with Crippen molar-refractivity contribution in [2.24, 2.45) is 5.92 Å². The molecule has 1 rings (SSSR count). The molecule has 98 valence electrons. The summed E-state index contributed by atoms with van der Waals surface area (Å²) in [6.07, 6.45) is 0. The van der Waals surface area contributed by atoms with E-state index in [-0.39, 0.29) is 36.4 Å². The van der Waals surface area contributed by atoms with Gasteiger partial charge in [0.25, 0.3) is 0 Å². The molecular weight excluding hydrogens is 220 g/mol. The molecule has 2 unspecified atom stereocenters. The molecule has 0 aromatic heterocycles. The molecule has 0 radical (unpaired) electrons. The number of rotatable bonds is 5. The SMILES string of the molecule is CCOCC(C)N1C(=O)CNC(=O)C1C(C)C. The van der Waals surface area contributed by atoms with E-state index in [1.807, 2.05) is 27.7 Å². The van der Waals surface area contributed by atoms with Crippen LogP contribution in [0.1, 0.15) is 27.7 Å². The predicted octanol–water partition coefficient (Wildman–Crippen LogP) is 0.394. The molecule has 2 amide bonds. The van der Waals surface area contributed by atoms with Gasteiger partial charge in [0.15, 0.2) is 0 Å². The van der Waals surface area contributed by atoms with E-state index in [9.17, 15) is 9.59 Å². The zero-order valence-corrected chi connectivity index (χ0v) is 11.0. The second kappa shape index (κ2) is 6.00. The zero-order valence-electron chi connectivity index (χ0n) is 11.0. The third-order valence-electron chi connectivity index (χ3n) is 2.94. The fourth-order valence-electron chi connectivity index (χ4n) is 2.15. The minimum absolute atomic E-state index is 0.0319. The summed E-state index contributed by atoms with van der Waals surface area (Å²) in [6, 6.07) is -0.451. The van der Waals surface area contributed by atoms with Gasteiger partial charge >= 0.3 is 0 Å². The second-order valence-electron chi connectivity index (χ2n) is 4.72. The Bertz CT molecular complexity index is 291. The van der Waals surface area contributed by atoms with E-state index >= 15 is 0 Å². The zero-order chi connectivity index (χ0) is 13.0. The van der Waals surface area contributed by atoms with E-state index < -0.39 is 0 Å². The Morgan fingerprint density at radius 1 is 1.41 bits per heavy atom. The van der Waals surface area contributed by atoms with Crippen LogP contribution in [0.3, 0.4) is 0 Å². The lowest BCUT2D eigenvalue weighted by atomic mass is 9.98. The molecule has 5 heteroatoms. The molecule has 5 nitrogen and oxygen atoms in total. The van der Waals surface area contributed by atoms with Gasteiger partial charge in [0.1, 0.15) is 6.04 Å². The van der Waals surface area contributed by atoms with E-state index in [4.69, 9.17) is 4.74 Å². The second-order valence-corrected chi connectivity index (χ2v) is 4.72. The van der Waals surface area contributed by atoms with Crippen molar-refractivity contribution in [3.63, 3.8) is 0 Å². The molecule has 0 aromatic rings. The van der Waals surface area contributed by atoms with Crippen LogP contribution in [0.25, 0.3) is 0 Å². The highest BCUT2D eigenvalue weighted by Gasteiger charge is 2.38. The number of amides is 2. The number of hydrogen-bond acceptors (Lipinski definition) is 3. The molecule has 0 bridgehead atoms. The maximum Gasteiger partial charge on any atom is 0.243 e. The van der Waals surface area contributed by atoms with Crippen LogP contribution in [0.4, 0.5) is 0 Å². The Balaban J connectivity index is 2.81. The van der Waals surface area contributed by atoms with Gasteiger partial charge in [-0.3, -0.25) is 9.59 Å². The Morgan fingerprint density at radius 3 is 2.59 bits per heavy atom. The molecule has 0 spiro atoms. The molecule has 1 heterocycles. The summed E-state index contributed by atoms with van der Waals surface area (Å²) in [5.74, 6) is 0.00165. The van der Waals surface area contributed by atoms with Crippen molar-refractivity contribution in [2.45, 2.75) is 39.8 Å². The normalized spacial score (nSPS) is 22.9. The maximum atomic E-state index is 11.9. The lowest BCUT2D eigenvalue weighted by molar-refractivity contribution is -0.151. The fourth-order valence-corrected chi connectivity index (χ4v) is 2.15. The molecule has 0 aromatic carbocycles. The highest BCUT2D eigenvalue weighted by Crippen LogP contribution is 2.18. The van der Waals surface area contributed by atoms with Crippen LogP contribution in [0, 0.1) is 5.92 Å². The number of nitrogens with zero attached hydrogens (tertiary/aromatic N) is 1. The standard InChI is InChI=1S/C12H22N2O3/c1-5-17-7-9(4)14-10(15)6-13-12(16)11(14)8(2)3/h8-9,11H,5-7H2,1-4H3,(H,13,16). The quantitative estimate of drug-likeness (QED) is 0.759. The van der Waals surface area contributed by atoms with Gasteiger partial charge in [-0.05, 0) is 19.8 Å². The number of carbonyl (C=O) groups is 2. The van der Waals surface area contributed by atoms with E-state index in [1.54, 1.807) is 4.90 Å². The van der Waals surface area contributed by atoms with Crippen LogP contribution in [0.2, 0.25) is 0 Å². The first kappa shape index (κ1) is 14.0. The summed E-state index contributed by atoms with van der Waals surface area (Å²) in [5.41, 5.74) is 0. The first-order valence-electron chi connectivity index (χ1n) is 6.15. The minimum Gasteiger partial charge on any atom is -0.380 e. The van der Waals surface area contributed by atoms with Crippen LogP contribution >= 0.6 is 0 Å². The Labute approximate surface area is 102 Å². The van der Waals surface area contributed by atoms with Gasteiger partial charge in [-0.15, -0.1) is 0 Å². The van der Waals surface area contributed by atoms with E-state index in [2.05, 4.69) is 5.32 Å².